The quantitative estimate of drug-likeness (QED) is 0.625. The summed E-state index contributed by atoms with van der Waals surface area (Å²) >= 11 is 0. The van der Waals surface area contributed by atoms with Gasteiger partial charge in [0.1, 0.15) is 17.8 Å². The van der Waals surface area contributed by atoms with Gasteiger partial charge in [-0.1, -0.05) is 35.9 Å². The van der Waals surface area contributed by atoms with Crippen LogP contribution in [0, 0.1) is 6.92 Å². The van der Waals surface area contributed by atoms with Crippen LogP contribution >= 0.6 is 0 Å². The summed E-state index contributed by atoms with van der Waals surface area (Å²) in [4.78, 5) is 28.0. The Morgan fingerprint density at radius 3 is 2.56 bits per heavy atom. The number of rotatable bonds is 4. The minimum absolute atomic E-state index is 0.0768. The van der Waals surface area contributed by atoms with Gasteiger partial charge in [-0.15, -0.1) is 0 Å². The van der Waals surface area contributed by atoms with E-state index in [0.717, 1.165) is 22.4 Å². The van der Waals surface area contributed by atoms with Crippen LogP contribution in [0.4, 0.5) is 16.2 Å². The lowest BCUT2D eigenvalue weighted by Gasteiger charge is -2.23. The number of hydrogen-bond acceptors (Lipinski definition) is 5. The molecule has 0 fully saturated rings. The van der Waals surface area contributed by atoms with E-state index in [2.05, 4.69) is 10.6 Å². The van der Waals surface area contributed by atoms with Crippen molar-refractivity contribution in [1.82, 2.24) is 5.32 Å². The summed E-state index contributed by atoms with van der Waals surface area (Å²) in [5.74, 6) is 1.79. The van der Waals surface area contributed by atoms with E-state index in [4.69, 9.17) is 14.2 Å². The second kappa shape index (κ2) is 7.69. The van der Waals surface area contributed by atoms with Crippen LogP contribution in [0.25, 0.3) is 0 Å². The molecule has 2 N–H and O–H groups in total. The summed E-state index contributed by atoms with van der Waals surface area (Å²) in [6, 6.07) is 18.6. The number of nitrogens with one attached hydrogen (secondary N) is 2. The molecular formula is C26H23N3O5. The zero-order valence-electron chi connectivity index (χ0n) is 18.6. The van der Waals surface area contributed by atoms with E-state index >= 15 is 0 Å². The number of nitrogens with zero attached hydrogens (tertiary/aromatic N) is 1. The largest absolute Gasteiger partial charge is 0.491 e. The first kappa shape index (κ1) is 20.4. The summed E-state index contributed by atoms with van der Waals surface area (Å²) in [7, 11) is 0. The molecule has 3 aromatic rings. The van der Waals surface area contributed by atoms with E-state index in [0.29, 0.717) is 36.0 Å². The maximum atomic E-state index is 13.9. The second-order valence-electron chi connectivity index (χ2n) is 8.62. The van der Waals surface area contributed by atoms with Crippen LogP contribution < -0.4 is 29.7 Å². The lowest BCUT2D eigenvalue weighted by Crippen LogP contribution is -2.45. The minimum Gasteiger partial charge on any atom is -0.491 e. The normalized spacial score (nSPS) is 19.1. The number of ether oxygens (including phenoxy) is 3. The van der Waals surface area contributed by atoms with Gasteiger partial charge in [0, 0.05) is 36.1 Å². The van der Waals surface area contributed by atoms with Gasteiger partial charge in [0.15, 0.2) is 11.5 Å². The van der Waals surface area contributed by atoms with Gasteiger partial charge in [0.25, 0.3) is 0 Å². The number of anilines is 2. The molecule has 0 aromatic heterocycles. The SMILES string of the molecule is Cc1ccc(NC(=O)NCCN2C(=O)C3(COc4cc5c(cc43)OCO5)c3ccccc32)cc1. The molecule has 34 heavy (non-hydrogen) atoms. The van der Waals surface area contributed by atoms with Crippen molar-refractivity contribution in [2.45, 2.75) is 12.3 Å². The lowest BCUT2D eigenvalue weighted by molar-refractivity contribution is -0.122. The molecule has 3 aliphatic heterocycles. The summed E-state index contributed by atoms with van der Waals surface area (Å²) in [6.45, 7) is 2.97. The molecule has 1 unspecified atom stereocenters. The van der Waals surface area contributed by atoms with Gasteiger partial charge in [-0.2, -0.15) is 0 Å². The maximum absolute atomic E-state index is 13.9. The lowest BCUT2D eigenvalue weighted by atomic mass is 9.77. The fraction of sp³-hybridized carbons (Fsp3) is 0.231. The Labute approximate surface area is 196 Å². The van der Waals surface area contributed by atoms with Crippen LogP contribution in [-0.2, 0) is 10.2 Å². The highest BCUT2D eigenvalue weighted by Crippen LogP contribution is 2.54. The molecule has 8 heteroatoms. The predicted molar refractivity (Wildman–Crippen MR) is 126 cm³/mol. The fourth-order valence-electron chi connectivity index (χ4n) is 4.88. The number of para-hydroxylation sites is 1. The van der Waals surface area contributed by atoms with E-state index in [9.17, 15) is 9.59 Å². The van der Waals surface area contributed by atoms with Gasteiger partial charge in [-0.25, -0.2) is 4.79 Å². The van der Waals surface area contributed by atoms with E-state index in [-0.39, 0.29) is 25.3 Å². The molecule has 0 aliphatic carbocycles. The first-order valence-corrected chi connectivity index (χ1v) is 11.2. The Morgan fingerprint density at radius 2 is 1.74 bits per heavy atom. The Balaban J connectivity index is 1.23. The predicted octanol–water partition coefficient (Wildman–Crippen LogP) is 3.57. The van der Waals surface area contributed by atoms with Crippen molar-refractivity contribution in [2.75, 3.05) is 36.7 Å². The molecular weight excluding hydrogens is 434 g/mol. The molecule has 0 bridgehead atoms. The van der Waals surface area contributed by atoms with Gasteiger partial charge in [-0.05, 0) is 36.8 Å². The highest BCUT2D eigenvalue weighted by atomic mass is 16.7. The fourth-order valence-corrected chi connectivity index (χ4v) is 4.88. The van der Waals surface area contributed by atoms with Crippen molar-refractivity contribution < 1.29 is 23.8 Å². The molecule has 1 spiro atoms. The Kier molecular flexibility index (Phi) is 4.62. The van der Waals surface area contributed by atoms with E-state index < -0.39 is 5.41 Å². The smallest absolute Gasteiger partial charge is 0.319 e. The molecule has 0 saturated carbocycles. The molecule has 1 atom stereocenters. The number of urea groups is 1. The topological polar surface area (TPSA) is 89.1 Å². The average molecular weight is 457 g/mol. The third-order valence-electron chi connectivity index (χ3n) is 6.57. The van der Waals surface area contributed by atoms with Gasteiger partial charge >= 0.3 is 6.03 Å². The van der Waals surface area contributed by atoms with E-state index in [1.807, 2.05) is 61.5 Å². The van der Waals surface area contributed by atoms with Crippen LogP contribution in [-0.4, -0.2) is 38.4 Å². The molecule has 172 valence electrons. The van der Waals surface area contributed by atoms with Crippen molar-refractivity contribution in [3.05, 3.63) is 77.4 Å². The Bertz CT molecular complexity index is 1310. The molecule has 0 radical (unpaired) electrons. The molecule has 8 nitrogen and oxygen atoms in total. The number of benzene rings is 3. The van der Waals surface area contributed by atoms with Crippen LogP contribution in [0.15, 0.2) is 60.7 Å². The Hall–Kier alpha value is -4.20. The van der Waals surface area contributed by atoms with Crippen molar-refractivity contribution >= 4 is 23.3 Å². The zero-order chi connectivity index (χ0) is 23.3. The third kappa shape index (κ3) is 3.06. The van der Waals surface area contributed by atoms with Crippen molar-refractivity contribution in [2.24, 2.45) is 0 Å². The molecule has 3 amide bonds. The Morgan fingerprint density at radius 1 is 0.971 bits per heavy atom. The molecule has 0 saturated heterocycles. The van der Waals surface area contributed by atoms with Gasteiger partial charge in [0.2, 0.25) is 12.7 Å². The number of fused-ring (bicyclic) bond motifs is 5. The summed E-state index contributed by atoms with van der Waals surface area (Å²) in [5.41, 5.74) is 3.37. The minimum atomic E-state index is -0.947. The van der Waals surface area contributed by atoms with Crippen LogP contribution in [0.5, 0.6) is 17.2 Å². The molecule has 6 rings (SSSR count). The van der Waals surface area contributed by atoms with Crippen molar-refractivity contribution in [3.8, 4) is 17.2 Å². The first-order chi connectivity index (χ1) is 16.6. The zero-order valence-corrected chi connectivity index (χ0v) is 18.6. The number of hydrogen-bond donors (Lipinski definition) is 2. The summed E-state index contributed by atoms with van der Waals surface area (Å²) < 4.78 is 17.0. The third-order valence-corrected chi connectivity index (χ3v) is 6.57. The highest BCUT2D eigenvalue weighted by molar-refractivity contribution is 6.11. The van der Waals surface area contributed by atoms with Gasteiger partial charge in [0.05, 0.1) is 0 Å². The van der Waals surface area contributed by atoms with Gasteiger partial charge < -0.3 is 29.7 Å². The van der Waals surface area contributed by atoms with Crippen molar-refractivity contribution in [1.29, 1.82) is 0 Å². The van der Waals surface area contributed by atoms with Crippen LogP contribution in [0.2, 0.25) is 0 Å². The van der Waals surface area contributed by atoms with Gasteiger partial charge in [-0.3, -0.25) is 4.79 Å². The number of carbonyl (C=O) groups is 2. The highest BCUT2D eigenvalue weighted by Gasteiger charge is 2.57. The monoisotopic (exact) mass is 457 g/mol. The average Bonchev–Trinajstić information content (AvgIpc) is 3.51. The number of amides is 3. The molecule has 3 heterocycles. The number of aryl methyl sites for hydroxylation is 1. The van der Waals surface area contributed by atoms with Crippen LogP contribution in [0.1, 0.15) is 16.7 Å². The first-order valence-electron chi connectivity index (χ1n) is 11.2. The van der Waals surface area contributed by atoms with Crippen molar-refractivity contribution in [3.63, 3.8) is 0 Å². The number of carbonyl (C=O) groups excluding carboxylic acids is 2. The standard InChI is InChI=1S/C26H23N3O5/c1-16-6-8-17(9-7-16)28-25(31)27-10-11-29-20-5-3-2-4-18(20)26(24(29)30)14-32-21-13-23-22(12-19(21)26)33-15-34-23/h2-9,12-13H,10-11,14-15H2,1H3,(H2,27,28,31). The summed E-state index contributed by atoms with van der Waals surface area (Å²) in [5, 5.41) is 5.66. The van der Waals surface area contributed by atoms with E-state index in [1.165, 1.54) is 0 Å². The molecule has 3 aliphatic rings. The summed E-state index contributed by atoms with van der Waals surface area (Å²) in [6.07, 6.45) is 0. The maximum Gasteiger partial charge on any atom is 0.319 e. The second-order valence-corrected chi connectivity index (χ2v) is 8.62. The van der Waals surface area contributed by atoms with Crippen LogP contribution in [0.3, 0.4) is 0 Å². The molecule has 3 aromatic carbocycles. The van der Waals surface area contributed by atoms with E-state index in [1.54, 1.807) is 11.0 Å².